The topological polar surface area (TPSA) is 97.8 Å². The van der Waals surface area contributed by atoms with Gasteiger partial charge in [0.05, 0.1) is 28.6 Å². The van der Waals surface area contributed by atoms with Gasteiger partial charge in [-0.25, -0.2) is 9.78 Å². The van der Waals surface area contributed by atoms with Crippen molar-refractivity contribution < 1.29 is 23.9 Å². The highest BCUT2D eigenvalue weighted by Crippen LogP contribution is 2.39. The minimum absolute atomic E-state index is 0.209. The van der Waals surface area contributed by atoms with E-state index in [0.717, 1.165) is 26.7 Å². The van der Waals surface area contributed by atoms with E-state index in [0.29, 0.717) is 16.4 Å². The molecule has 38 heavy (non-hydrogen) atoms. The van der Waals surface area contributed by atoms with Crippen LogP contribution in [-0.2, 0) is 14.3 Å². The smallest absolute Gasteiger partial charge is 0.341 e. The molecule has 0 spiro atoms. The Labute approximate surface area is 227 Å². The largest absolute Gasteiger partial charge is 0.479 e. The monoisotopic (exact) mass is 547 g/mol. The molecular weight excluding hydrogens is 522 g/mol. The number of thiazole rings is 1. The summed E-state index contributed by atoms with van der Waals surface area (Å²) in [6.07, 6.45) is -0.746. The first-order valence-electron chi connectivity index (χ1n) is 12.0. The highest BCUT2D eigenvalue weighted by atomic mass is 32.1. The Hall–Kier alpha value is -4.02. The number of carbonyl (C=O) groups is 3. The molecule has 3 heterocycles. The maximum Gasteiger partial charge on any atom is 0.341 e. The van der Waals surface area contributed by atoms with Crippen molar-refractivity contribution in [3.63, 3.8) is 0 Å². The van der Waals surface area contributed by atoms with Crippen LogP contribution in [0.2, 0.25) is 0 Å². The van der Waals surface area contributed by atoms with E-state index in [1.54, 1.807) is 26.0 Å². The molecule has 0 saturated carbocycles. The van der Waals surface area contributed by atoms with E-state index in [9.17, 15) is 14.4 Å². The molecule has 1 unspecified atom stereocenters. The number of amides is 2. The molecule has 0 fully saturated rings. The molecule has 0 aliphatic carbocycles. The van der Waals surface area contributed by atoms with Gasteiger partial charge in [-0.3, -0.25) is 14.5 Å². The molecule has 0 radical (unpaired) electrons. The predicted octanol–water partition coefficient (Wildman–Crippen LogP) is 5.78. The SMILES string of the molecule is CCOC(=O)c1cc(-c2ccccc2)sc1NC(=O)CN1C(=O)C(C)Oc2ccc(-c3csc(C)n3)cc21. The number of thiophene rings is 1. The van der Waals surface area contributed by atoms with Crippen LogP contribution < -0.4 is 15.0 Å². The van der Waals surface area contributed by atoms with Crippen molar-refractivity contribution in [2.45, 2.75) is 26.9 Å². The number of ether oxygens (including phenoxy) is 2. The number of carbonyl (C=O) groups excluding carboxylic acids is 3. The van der Waals surface area contributed by atoms with Crippen LogP contribution in [0.15, 0.2) is 60.0 Å². The van der Waals surface area contributed by atoms with Crippen LogP contribution in [0.1, 0.15) is 29.2 Å². The molecule has 8 nitrogen and oxygen atoms in total. The van der Waals surface area contributed by atoms with Crippen molar-refractivity contribution in [3.8, 4) is 27.4 Å². The van der Waals surface area contributed by atoms with Crippen molar-refractivity contribution >= 4 is 51.1 Å². The number of aryl methyl sites for hydroxylation is 1. The second-order valence-electron chi connectivity index (χ2n) is 8.61. The number of fused-ring (bicyclic) bond motifs is 1. The van der Waals surface area contributed by atoms with Gasteiger partial charge in [0.25, 0.3) is 5.91 Å². The van der Waals surface area contributed by atoms with Gasteiger partial charge >= 0.3 is 5.97 Å². The Morgan fingerprint density at radius 2 is 1.92 bits per heavy atom. The van der Waals surface area contributed by atoms with E-state index < -0.39 is 18.0 Å². The second-order valence-corrected chi connectivity index (χ2v) is 10.7. The second kappa shape index (κ2) is 10.8. The summed E-state index contributed by atoms with van der Waals surface area (Å²) in [4.78, 5) is 45.8. The number of aromatic nitrogens is 1. The van der Waals surface area contributed by atoms with E-state index in [4.69, 9.17) is 9.47 Å². The molecule has 2 aromatic heterocycles. The first-order chi connectivity index (χ1) is 18.3. The minimum atomic E-state index is -0.746. The molecule has 10 heteroatoms. The molecule has 1 aliphatic rings. The Bertz CT molecular complexity index is 1510. The fourth-order valence-corrected chi connectivity index (χ4v) is 5.81. The summed E-state index contributed by atoms with van der Waals surface area (Å²) in [5.41, 5.74) is 3.29. The zero-order chi connectivity index (χ0) is 26.8. The average Bonchev–Trinajstić information content (AvgIpc) is 3.54. The molecule has 1 atom stereocenters. The number of nitrogens with zero attached hydrogens (tertiary/aromatic N) is 2. The average molecular weight is 548 g/mol. The fourth-order valence-electron chi connectivity index (χ4n) is 4.12. The quantitative estimate of drug-likeness (QED) is 0.295. The third-order valence-corrected chi connectivity index (χ3v) is 7.80. The molecule has 2 amide bonds. The summed E-state index contributed by atoms with van der Waals surface area (Å²) < 4.78 is 11.0. The predicted molar refractivity (Wildman–Crippen MR) is 149 cm³/mol. The van der Waals surface area contributed by atoms with Gasteiger partial charge in [-0.1, -0.05) is 30.3 Å². The molecule has 0 bridgehead atoms. The maximum atomic E-state index is 13.3. The van der Waals surface area contributed by atoms with Gasteiger partial charge in [0.1, 0.15) is 17.3 Å². The van der Waals surface area contributed by atoms with Crippen molar-refractivity contribution in [2.75, 3.05) is 23.4 Å². The van der Waals surface area contributed by atoms with E-state index in [-0.39, 0.29) is 24.6 Å². The third kappa shape index (κ3) is 5.18. The Morgan fingerprint density at radius 1 is 1.13 bits per heavy atom. The number of rotatable bonds is 7. The van der Waals surface area contributed by atoms with Gasteiger partial charge in [-0.15, -0.1) is 22.7 Å². The summed E-state index contributed by atoms with van der Waals surface area (Å²) in [5.74, 6) is -0.789. The first-order valence-corrected chi connectivity index (χ1v) is 13.7. The number of hydrogen-bond donors (Lipinski definition) is 1. The number of nitrogens with one attached hydrogen (secondary N) is 1. The number of hydrogen-bond acceptors (Lipinski definition) is 8. The highest BCUT2D eigenvalue weighted by molar-refractivity contribution is 7.20. The zero-order valence-corrected chi connectivity index (χ0v) is 22.7. The lowest BCUT2D eigenvalue weighted by atomic mass is 10.1. The van der Waals surface area contributed by atoms with Crippen LogP contribution in [0, 0.1) is 6.92 Å². The zero-order valence-electron chi connectivity index (χ0n) is 21.0. The fraction of sp³-hybridized carbons (Fsp3) is 0.214. The lowest BCUT2D eigenvalue weighted by molar-refractivity contribution is -0.127. The molecular formula is C28H25N3O5S2. The van der Waals surface area contributed by atoms with Gasteiger partial charge in [0, 0.05) is 15.8 Å². The summed E-state index contributed by atoms with van der Waals surface area (Å²) >= 11 is 2.81. The number of benzene rings is 2. The lowest BCUT2D eigenvalue weighted by Gasteiger charge is -2.32. The summed E-state index contributed by atoms with van der Waals surface area (Å²) in [5, 5.41) is 6.08. The van der Waals surface area contributed by atoms with Crippen LogP contribution in [0.3, 0.4) is 0 Å². The summed E-state index contributed by atoms with van der Waals surface area (Å²) in [6.45, 7) is 5.26. The summed E-state index contributed by atoms with van der Waals surface area (Å²) in [7, 11) is 0. The minimum Gasteiger partial charge on any atom is -0.479 e. The van der Waals surface area contributed by atoms with Gasteiger partial charge in [-0.05, 0) is 50.6 Å². The van der Waals surface area contributed by atoms with Gasteiger partial charge in [0.2, 0.25) is 5.91 Å². The number of esters is 1. The Balaban J connectivity index is 1.43. The van der Waals surface area contributed by atoms with E-state index in [1.165, 1.54) is 27.6 Å². The van der Waals surface area contributed by atoms with Crippen molar-refractivity contribution in [2.24, 2.45) is 0 Å². The Morgan fingerprint density at radius 3 is 2.63 bits per heavy atom. The van der Waals surface area contributed by atoms with Gasteiger partial charge < -0.3 is 14.8 Å². The highest BCUT2D eigenvalue weighted by Gasteiger charge is 2.33. The maximum absolute atomic E-state index is 13.3. The van der Waals surface area contributed by atoms with Crippen molar-refractivity contribution in [1.29, 1.82) is 0 Å². The molecule has 2 aromatic carbocycles. The summed E-state index contributed by atoms with van der Waals surface area (Å²) in [6, 6.07) is 16.8. The first kappa shape index (κ1) is 25.6. The standard InChI is InChI=1S/C28H25N3O5S2/c1-4-35-28(34)20-13-24(18-8-6-5-7-9-18)38-26(20)30-25(32)14-31-22-12-19(21-15-37-17(3)29-21)10-11-23(22)36-16(2)27(31)33/h5-13,15-16H,4,14H2,1-3H3,(H,30,32). The van der Waals surface area contributed by atoms with Crippen LogP contribution in [0.5, 0.6) is 5.75 Å². The molecule has 5 rings (SSSR count). The van der Waals surface area contributed by atoms with E-state index >= 15 is 0 Å². The van der Waals surface area contributed by atoms with Crippen molar-refractivity contribution in [1.82, 2.24) is 4.98 Å². The molecule has 0 saturated heterocycles. The molecule has 4 aromatic rings. The van der Waals surface area contributed by atoms with Crippen molar-refractivity contribution in [3.05, 3.63) is 70.5 Å². The van der Waals surface area contributed by atoms with Gasteiger partial charge in [-0.2, -0.15) is 0 Å². The number of anilines is 2. The van der Waals surface area contributed by atoms with Crippen LogP contribution >= 0.6 is 22.7 Å². The van der Waals surface area contributed by atoms with E-state index in [1.807, 2.05) is 54.8 Å². The third-order valence-electron chi connectivity index (χ3n) is 5.92. The molecule has 194 valence electrons. The Kier molecular flexibility index (Phi) is 7.26. The lowest BCUT2D eigenvalue weighted by Crippen LogP contribution is -2.47. The van der Waals surface area contributed by atoms with Crippen LogP contribution in [0.4, 0.5) is 10.7 Å². The van der Waals surface area contributed by atoms with Crippen LogP contribution in [0.25, 0.3) is 21.7 Å². The molecule has 1 N–H and O–H groups in total. The normalized spacial score (nSPS) is 14.6. The molecule has 1 aliphatic heterocycles. The van der Waals surface area contributed by atoms with Crippen LogP contribution in [-0.4, -0.2) is 42.0 Å². The van der Waals surface area contributed by atoms with Gasteiger partial charge in [0.15, 0.2) is 6.10 Å². The van der Waals surface area contributed by atoms with E-state index in [2.05, 4.69) is 10.3 Å².